The van der Waals surface area contributed by atoms with Crippen LogP contribution in [-0.2, 0) is 0 Å². The lowest BCUT2D eigenvalue weighted by atomic mass is 9.97. The molecule has 0 aliphatic heterocycles. The highest BCUT2D eigenvalue weighted by Gasteiger charge is 2.17. The van der Waals surface area contributed by atoms with E-state index in [9.17, 15) is 4.79 Å². The van der Waals surface area contributed by atoms with E-state index in [1.165, 1.54) is 11.1 Å². The molecule has 0 heterocycles. The van der Waals surface area contributed by atoms with Gasteiger partial charge in [0.15, 0.2) is 5.78 Å². The molecule has 132 valence electrons. The summed E-state index contributed by atoms with van der Waals surface area (Å²) in [7, 11) is 0. The molecule has 0 amide bonds. The molecule has 3 aromatic rings. The zero-order valence-electron chi connectivity index (χ0n) is 15.0. The second-order valence-electron chi connectivity index (χ2n) is 6.54. The number of carbonyl (C=O) groups is 1. The molecule has 2 nitrogen and oxygen atoms in total. The Bertz CT molecular complexity index is 888. The molecular formula is C23H22ClNO. The maximum absolute atomic E-state index is 12.7. The van der Waals surface area contributed by atoms with E-state index in [-0.39, 0.29) is 11.8 Å². The number of nitrogens with one attached hydrogen (secondary N) is 1. The average molecular weight is 364 g/mol. The normalized spacial score (nSPS) is 11.8. The van der Waals surface area contributed by atoms with Crippen LogP contribution in [0.25, 0.3) is 0 Å². The van der Waals surface area contributed by atoms with Crippen molar-refractivity contribution in [2.24, 2.45) is 0 Å². The topological polar surface area (TPSA) is 29.1 Å². The third-order valence-electron chi connectivity index (χ3n) is 4.61. The van der Waals surface area contributed by atoms with E-state index >= 15 is 0 Å². The minimum Gasteiger partial charge on any atom is -0.378 e. The molecule has 0 aliphatic rings. The zero-order valence-corrected chi connectivity index (χ0v) is 15.8. The van der Waals surface area contributed by atoms with Crippen LogP contribution in [-0.4, -0.2) is 5.78 Å². The Kier molecular flexibility index (Phi) is 5.75. The van der Waals surface area contributed by atoms with Crippen LogP contribution in [0.3, 0.4) is 0 Å². The van der Waals surface area contributed by atoms with Crippen LogP contribution in [0.1, 0.15) is 39.5 Å². The number of anilines is 1. The standard InChI is InChI=1S/C23H22ClNO/c1-16-8-13-21(14-17(16)2)25-22(18-9-11-20(24)12-10-18)15-23(26)19-6-4-3-5-7-19/h3-14,22,25H,15H2,1-2H3. The van der Waals surface area contributed by atoms with Crippen LogP contribution in [0.15, 0.2) is 72.8 Å². The van der Waals surface area contributed by atoms with E-state index in [2.05, 4.69) is 37.4 Å². The molecule has 0 radical (unpaired) electrons. The molecule has 3 heteroatoms. The van der Waals surface area contributed by atoms with E-state index in [1.807, 2.05) is 54.6 Å². The molecule has 1 unspecified atom stereocenters. The second-order valence-corrected chi connectivity index (χ2v) is 6.98. The highest BCUT2D eigenvalue weighted by Crippen LogP contribution is 2.27. The molecular weight excluding hydrogens is 342 g/mol. The first-order valence-electron chi connectivity index (χ1n) is 8.70. The van der Waals surface area contributed by atoms with Crippen molar-refractivity contribution >= 4 is 23.1 Å². The molecule has 0 saturated heterocycles. The molecule has 0 bridgehead atoms. The number of ketones is 1. The van der Waals surface area contributed by atoms with Crippen molar-refractivity contribution in [2.45, 2.75) is 26.3 Å². The maximum Gasteiger partial charge on any atom is 0.165 e. The SMILES string of the molecule is Cc1ccc(NC(CC(=O)c2ccccc2)c2ccc(Cl)cc2)cc1C. The molecule has 3 rings (SSSR count). The summed E-state index contributed by atoms with van der Waals surface area (Å²) >= 11 is 6.03. The smallest absolute Gasteiger partial charge is 0.165 e. The van der Waals surface area contributed by atoms with Gasteiger partial charge in [-0.3, -0.25) is 4.79 Å². The number of benzene rings is 3. The van der Waals surface area contributed by atoms with Crippen molar-refractivity contribution in [1.82, 2.24) is 0 Å². The third-order valence-corrected chi connectivity index (χ3v) is 4.86. The highest BCUT2D eigenvalue weighted by molar-refractivity contribution is 6.30. The molecule has 0 aliphatic carbocycles. The van der Waals surface area contributed by atoms with Crippen molar-refractivity contribution in [1.29, 1.82) is 0 Å². The number of hydrogen-bond acceptors (Lipinski definition) is 2. The van der Waals surface area contributed by atoms with Gasteiger partial charge in [0.05, 0.1) is 6.04 Å². The van der Waals surface area contributed by atoms with Gasteiger partial charge < -0.3 is 5.32 Å². The van der Waals surface area contributed by atoms with E-state index in [0.29, 0.717) is 11.4 Å². The molecule has 0 aromatic heterocycles. The average Bonchev–Trinajstić information content (AvgIpc) is 2.65. The summed E-state index contributed by atoms with van der Waals surface area (Å²) in [4.78, 5) is 12.7. The van der Waals surface area contributed by atoms with Crippen molar-refractivity contribution < 1.29 is 4.79 Å². The fraction of sp³-hybridized carbons (Fsp3) is 0.174. The Morgan fingerprint density at radius 1 is 0.923 bits per heavy atom. The van der Waals surface area contributed by atoms with Crippen molar-refractivity contribution in [3.8, 4) is 0 Å². The van der Waals surface area contributed by atoms with Crippen LogP contribution in [0.5, 0.6) is 0 Å². The van der Waals surface area contributed by atoms with E-state index in [0.717, 1.165) is 16.8 Å². The predicted molar refractivity (Wildman–Crippen MR) is 109 cm³/mol. The van der Waals surface area contributed by atoms with Gasteiger partial charge in [-0.15, -0.1) is 0 Å². The van der Waals surface area contributed by atoms with Crippen LogP contribution < -0.4 is 5.32 Å². The van der Waals surface area contributed by atoms with E-state index in [1.54, 1.807) is 0 Å². The summed E-state index contributed by atoms with van der Waals surface area (Å²) in [6.07, 6.45) is 0.374. The van der Waals surface area contributed by atoms with Gasteiger partial charge in [0.25, 0.3) is 0 Å². The lowest BCUT2D eigenvalue weighted by Gasteiger charge is -2.21. The van der Waals surface area contributed by atoms with Crippen LogP contribution >= 0.6 is 11.6 Å². The van der Waals surface area contributed by atoms with Gasteiger partial charge >= 0.3 is 0 Å². The largest absolute Gasteiger partial charge is 0.378 e. The zero-order chi connectivity index (χ0) is 18.5. The summed E-state index contributed by atoms with van der Waals surface area (Å²) in [6.45, 7) is 4.18. The Hall–Kier alpha value is -2.58. The van der Waals surface area contributed by atoms with Gasteiger partial charge in [0, 0.05) is 22.7 Å². The number of aryl methyl sites for hydroxylation is 2. The quantitative estimate of drug-likeness (QED) is 0.514. The Labute approximate surface area is 159 Å². The monoisotopic (exact) mass is 363 g/mol. The second kappa shape index (κ2) is 8.20. The van der Waals surface area contributed by atoms with Gasteiger partial charge in [-0.1, -0.05) is 60.1 Å². The summed E-state index contributed by atoms with van der Waals surface area (Å²) in [5.74, 6) is 0.113. The van der Waals surface area contributed by atoms with E-state index < -0.39 is 0 Å². The summed E-state index contributed by atoms with van der Waals surface area (Å²) in [5.41, 5.74) is 5.25. The Balaban J connectivity index is 1.87. The summed E-state index contributed by atoms with van der Waals surface area (Å²) < 4.78 is 0. The molecule has 1 N–H and O–H groups in total. The highest BCUT2D eigenvalue weighted by atomic mass is 35.5. The number of rotatable bonds is 6. The number of hydrogen-bond donors (Lipinski definition) is 1. The minimum atomic E-state index is -0.123. The van der Waals surface area contributed by atoms with Gasteiger partial charge in [0.1, 0.15) is 0 Å². The van der Waals surface area contributed by atoms with Crippen LogP contribution in [0.2, 0.25) is 5.02 Å². The van der Waals surface area contributed by atoms with Gasteiger partial charge in [-0.25, -0.2) is 0 Å². The number of carbonyl (C=O) groups excluding carboxylic acids is 1. The summed E-state index contributed by atoms with van der Waals surface area (Å²) in [6, 6.07) is 23.2. The number of Topliss-reactive ketones (excluding diaryl/α,β-unsaturated/α-hetero) is 1. The molecule has 3 aromatic carbocycles. The lowest BCUT2D eigenvalue weighted by Crippen LogP contribution is -2.16. The number of halogens is 1. The fourth-order valence-electron chi connectivity index (χ4n) is 2.91. The molecule has 1 atom stereocenters. The first-order chi connectivity index (χ1) is 12.5. The first kappa shape index (κ1) is 18.2. The molecule has 0 saturated carbocycles. The van der Waals surface area contributed by atoms with E-state index in [4.69, 9.17) is 11.6 Å². The van der Waals surface area contributed by atoms with Gasteiger partial charge in [-0.2, -0.15) is 0 Å². The van der Waals surface area contributed by atoms with Crippen molar-refractivity contribution in [3.05, 3.63) is 100 Å². The van der Waals surface area contributed by atoms with Gasteiger partial charge in [0.2, 0.25) is 0 Å². The Morgan fingerprint density at radius 2 is 1.62 bits per heavy atom. The van der Waals surface area contributed by atoms with Crippen LogP contribution in [0, 0.1) is 13.8 Å². The maximum atomic E-state index is 12.7. The third kappa shape index (κ3) is 4.53. The lowest BCUT2D eigenvalue weighted by molar-refractivity contribution is 0.0976. The fourth-order valence-corrected chi connectivity index (χ4v) is 3.03. The summed E-state index contributed by atoms with van der Waals surface area (Å²) in [5, 5.41) is 4.21. The predicted octanol–water partition coefficient (Wildman–Crippen LogP) is 6.38. The molecule has 26 heavy (non-hydrogen) atoms. The van der Waals surface area contributed by atoms with Gasteiger partial charge in [-0.05, 0) is 54.8 Å². The Morgan fingerprint density at radius 3 is 2.27 bits per heavy atom. The first-order valence-corrected chi connectivity index (χ1v) is 9.08. The van der Waals surface area contributed by atoms with Crippen molar-refractivity contribution in [2.75, 3.05) is 5.32 Å². The van der Waals surface area contributed by atoms with Crippen LogP contribution in [0.4, 0.5) is 5.69 Å². The molecule has 0 spiro atoms. The minimum absolute atomic E-state index is 0.113. The molecule has 0 fully saturated rings. The van der Waals surface area contributed by atoms with Crippen molar-refractivity contribution in [3.63, 3.8) is 0 Å².